The highest BCUT2D eigenvalue weighted by Crippen LogP contribution is 2.54. The molecule has 0 aromatic heterocycles. The van der Waals surface area contributed by atoms with Gasteiger partial charge in [0.05, 0.1) is 13.2 Å². The van der Waals surface area contributed by atoms with Gasteiger partial charge in [-0.25, -0.2) is 9.59 Å². The fraction of sp³-hybridized carbons (Fsp3) is 0.857. The maximum atomic E-state index is 12.2. The molecule has 2 heterocycles. The fourth-order valence-corrected chi connectivity index (χ4v) is 5.17. The van der Waals surface area contributed by atoms with Gasteiger partial charge in [0.25, 0.3) is 0 Å². The quantitative estimate of drug-likeness (QED) is 0.398. The van der Waals surface area contributed by atoms with Crippen LogP contribution < -0.4 is 0 Å². The molecule has 2 aliphatic rings. The second-order valence-corrected chi connectivity index (χ2v) is 10.2. The van der Waals surface area contributed by atoms with E-state index in [-0.39, 0.29) is 39.6 Å². The smallest absolute Gasteiger partial charge is 0.433 e. The average molecular weight is 448 g/mol. The van der Waals surface area contributed by atoms with Crippen LogP contribution in [-0.2, 0) is 46.2 Å². The lowest BCUT2D eigenvalue weighted by atomic mass is 10.5. The Labute approximate surface area is 163 Å². The summed E-state index contributed by atoms with van der Waals surface area (Å²) in [4.78, 5) is 21.1. The molecule has 2 fully saturated rings. The molecule has 14 heteroatoms. The highest BCUT2D eigenvalue weighted by atomic mass is 31.2. The van der Waals surface area contributed by atoms with E-state index in [1.54, 1.807) is 13.8 Å². The van der Waals surface area contributed by atoms with Crippen molar-refractivity contribution in [1.29, 1.82) is 0 Å². The normalized spacial score (nSPS) is 18.9. The Bertz CT molecular complexity index is 571. The first-order valence-electron chi connectivity index (χ1n) is 8.43. The van der Waals surface area contributed by atoms with Crippen molar-refractivity contribution in [3.05, 3.63) is 0 Å². The van der Waals surface area contributed by atoms with Gasteiger partial charge in [-0.05, 0) is 13.8 Å². The third-order valence-electron chi connectivity index (χ3n) is 3.60. The number of hydrogen-bond acceptors (Lipinski definition) is 12. The molecule has 0 aromatic rings. The van der Waals surface area contributed by atoms with Gasteiger partial charge in [-0.15, -0.1) is 0 Å². The first-order chi connectivity index (χ1) is 13.2. The lowest BCUT2D eigenvalue weighted by molar-refractivity contribution is 0.0145. The molecule has 28 heavy (non-hydrogen) atoms. The summed E-state index contributed by atoms with van der Waals surface area (Å²) in [5.74, 6) is 0. The Morgan fingerprint density at radius 2 is 1.07 bits per heavy atom. The van der Waals surface area contributed by atoms with Gasteiger partial charge >= 0.3 is 27.5 Å². The molecule has 0 spiro atoms. The molecule has 0 N–H and O–H groups in total. The molecule has 0 aliphatic carbocycles. The fourth-order valence-electron chi connectivity index (χ4n) is 2.18. The van der Waals surface area contributed by atoms with Crippen LogP contribution >= 0.6 is 15.2 Å². The average Bonchev–Trinajstić information content (AvgIpc) is 2.69. The zero-order chi connectivity index (χ0) is 21.2. The summed E-state index contributed by atoms with van der Waals surface area (Å²) in [6.45, 7) is 4.02. The third-order valence-corrected chi connectivity index (χ3v) is 8.23. The van der Waals surface area contributed by atoms with Gasteiger partial charge in [0.15, 0.2) is 0 Å². The molecular formula is C14H26O12P2. The Kier molecular flexibility index (Phi) is 10.4. The molecule has 0 atom stereocenters. The van der Waals surface area contributed by atoms with E-state index < -0.39 is 38.8 Å². The van der Waals surface area contributed by atoms with Crippen LogP contribution in [0.15, 0.2) is 0 Å². The zero-order valence-corrected chi connectivity index (χ0v) is 18.0. The molecule has 0 radical (unpaired) electrons. The van der Waals surface area contributed by atoms with E-state index in [0.29, 0.717) is 0 Å². The van der Waals surface area contributed by atoms with E-state index in [4.69, 9.17) is 18.1 Å². The maximum absolute atomic E-state index is 12.2. The minimum absolute atomic E-state index is 0.00219. The van der Waals surface area contributed by atoms with E-state index in [0.717, 1.165) is 0 Å². The van der Waals surface area contributed by atoms with Crippen molar-refractivity contribution in [1.82, 2.24) is 0 Å². The summed E-state index contributed by atoms with van der Waals surface area (Å²) < 4.78 is 61.9. The number of carbonyl (C=O) groups excluding carboxylic acids is 2. The lowest BCUT2D eigenvalue weighted by Crippen LogP contribution is -2.33. The van der Waals surface area contributed by atoms with Gasteiger partial charge in [0, 0.05) is 14.2 Å². The highest BCUT2D eigenvalue weighted by Gasteiger charge is 2.40. The van der Waals surface area contributed by atoms with Crippen molar-refractivity contribution < 1.29 is 55.8 Å². The predicted molar refractivity (Wildman–Crippen MR) is 94.7 cm³/mol. The predicted octanol–water partition coefficient (Wildman–Crippen LogP) is 2.80. The largest absolute Gasteiger partial charge is 0.508 e. The van der Waals surface area contributed by atoms with E-state index in [1.807, 2.05) is 0 Å². The van der Waals surface area contributed by atoms with E-state index in [2.05, 4.69) is 18.9 Å². The summed E-state index contributed by atoms with van der Waals surface area (Å²) in [6, 6.07) is 0. The van der Waals surface area contributed by atoms with Crippen molar-refractivity contribution in [3.63, 3.8) is 0 Å². The second kappa shape index (κ2) is 11.7. The molecular weight excluding hydrogens is 422 g/mol. The summed E-state index contributed by atoms with van der Waals surface area (Å²) in [6.07, 6.45) is -1.50. The Morgan fingerprint density at radius 3 is 1.36 bits per heavy atom. The van der Waals surface area contributed by atoms with Crippen molar-refractivity contribution in [2.24, 2.45) is 0 Å². The molecule has 12 nitrogen and oxygen atoms in total. The van der Waals surface area contributed by atoms with Gasteiger partial charge in [-0.1, -0.05) is 0 Å². The third kappa shape index (κ3) is 7.02. The lowest BCUT2D eigenvalue weighted by Gasteiger charge is -2.28. The molecule has 0 bridgehead atoms. The molecule has 0 amide bonds. The van der Waals surface area contributed by atoms with E-state index in [9.17, 15) is 18.7 Å². The number of ether oxygens (including phenoxy) is 4. The molecule has 2 saturated heterocycles. The molecule has 164 valence electrons. The van der Waals surface area contributed by atoms with E-state index in [1.165, 1.54) is 14.2 Å². The molecule has 0 aromatic carbocycles. The Balaban J connectivity index is 0.000000283. The highest BCUT2D eigenvalue weighted by molar-refractivity contribution is 7.55. The number of cyclic esters (lactones) is 4. The van der Waals surface area contributed by atoms with Crippen LogP contribution in [-0.4, -0.2) is 77.5 Å². The Morgan fingerprint density at radius 1 is 0.750 bits per heavy atom. The number of hydrogen-bond donors (Lipinski definition) is 0. The number of carbonyl (C=O) groups is 2. The van der Waals surface area contributed by atoms with Crippen LogP contribution in [0.25, 0.3) is 0 Å². The monoisotopic (exact) mass is 448 g/mol. The van der Waals surface area contributed by atoms with Crippen LogP contribution in [0.3, 0.4) is 0 Å². The van der Waals surface area contributed by atoms with Gasteiger partial charge in [0.2, 0.25) is 0 Å². The first-order valence-corrected chi connectivity index (χ1v) is 11.7. The van der Waals surface area contributed by atoms with Crippen molar-refractivity contribution >= 4 is 27.5 Å². The minimum Gasteiger partial charge on any atom is -0.433 e. The van der Waals surface area contributed by atoms with Crippen LogP contribution in [0, 0.1) is 0 Å². The Hall–Kier alpha value is -1.16. The van der Waals surface area contributed by atoms with Crippen LogP contribution in [0.1, 0.15) is 13.8 Å². The van der Waals surface area contributed by atoms with Crippen LogP contribution in [0.4, 0.5) is 9.59 Å². The molecule has 0 unspecified atom stereocenters. The zero-order valence-electron chi connectivity index (χ0n) is 16.2. The summed E-state index contributed by atoms with van der Waals surface area (Å²) in [7, 11) is -3.85. The maximum Gasteiger partial charge on any atom is 0.508 e. The topological polar surface area (TPSA) is 142 Å². The van der Waals surface area contributed by atoms with Crippen molar-refractivity contribution in [3.8, 4) is 0 Å². The molecule has 2 aliphatic heterocycles. The van der Waals surface area contributed by atoms with E-state index >= 15 is 0 Å². The number of rotatable bonds is 8. The summed E-state index contributed by atoms with van der Waals surface area (Å²) >= 11 is 0. The second-order valence-electron chi connectivity index (χ2n) is 5.33. The van der Waals surface area contributed by atoms with Gasteiger partial charge in [-0.2, -0.15) is 0 Å². The summed E-state index contributed by atoms with van der Waals surface area (Å²) in [5, 5.41) is 0. The van der Waals surface area contributed by atoms with Crippen molar-refractivity contribution in [2.45, 2.75) is 25.2 Å². The SMILES string of the molecule is CCOP(=O)(OCC)C1COC(=O)OC1.COP(=O)(OC)C1COC(=O)OC1. The standard InChI is InChI=1S/C8H15O6P.C6H11O6P/c1-3-13-15(10,14-4-2)7-5-11-8(9)12-6-7;1-9-13(8,10-2)5-3-11-6(7)12-4-5/h7H,3-6H2,1-2H3;5H,3-4H2,1-2H3. The van der Waals surface area contributed by atoms with Crippen LogP contribution in [0.2, 0.25) is 0 Å². The van der Waals surface area contributed by atoms with Crippen LogP contribution in [0.5, 0.6) is 0 Å². The van der Waals surface area contributed by atoms with Crippen molar-refractivity contribution in [2.75, 3.05) is 53.9 Å². The summed E-state index contributed by atoms with van der Waals surface area (Å²) in [5.41, 5.74) is -1.07. The van der Waals surface area contributed by atoms with Gasteiger partial charge in [0.1, 0.15) is 37.7 Å². The molecule has 2 rings (SSSR count). The minimum atomic E-state index is -3.22. The van der Waals surface area contributed by atoms with Gasteiger partial charge in [-0.3, -0.25) is 9.13 Å². The molecule has 0 saturated carbocycles. The first kappa shape index (κ1) is 24.9. The van der Waals surface area contributed by atoms with Gasteiger partial charge < -0.3 is 37.0 Å².